The predicted octanol–water partition coefficient (Wildman–Crippen LogP) is 16.3. The lowest BCUT2D eigenvalue weighted by Gasteiger charge is -2.28. The SMILES string of the molecule is CC1(c2ccccc2)c2ccccc2-c2cc3ccc(-c4ccc(-c5c6ccccc6c(-c6ccccc6)c6ccc7ccccc7c56)c(-c5ccccc5)c4)cc3cc21. The molecule has 0 saturated carbocycles. The highest BCUT2D eigenvalue weighted by Crippen LogP contribution is 2.54. The molecule has 1 unspecified atom stereocenters. The van der Waals surface area contributed by atoms with Gasteiger partial charge in [0.2, 0.25) is 0 Å². The lowest BCUT2D eigenvalue weighted by Crippen LogP contribution is -2.22. The minimum Gasteiger partial charge on any atom is -0.0622 e. The lowest BCUT2D eigenvalue weighted by atomic mass is 9.74. The Bertz CT molecular complexity index is 3470. The van der Waals surface area contributed by atoms with Crippen LogP contribution in [0.1, 0.15) is 23.6 Å². The Morgan fingerprint density at radius 3 is 1.67 bits per heavy atom. The van der Waals surface area contributed by atoms with E-state index in [-0.39, 0.29) is 5.41 Å². The van der Waals surface area contributed by atoms with Crippen LogP contribution in [-0.2, 0) is 5.41 Å². The second-order valence-corrected chi connectivity index (χ2v) is 16.5. The van der Waals surface area contributed by atoms with Crippen LogP contribution >= 0.6 is 0 Å². The van der Waals surface area contributed by atoms with Crippen molar-refractivity contribution in [1.82, 2.24) is 0 Å². The van der Waals surface area contributed by atoms with E-state index in [9.17, 15) is 0 Å². The minimum absolute atomic E-state index is 0.245. The van der Waals surface area contributed by atoms with Gasteiger partial charge in [0.25, 0.3) is 0 Å². The molecule has 1 aliphatic rings. The second kappa shape index (κ2) is 13.5. The first-order valence-electron chi connectivity index (χ1n) is 21.0. The molecule has 0 N–H and O–H groups in total. The molecular weight excluding hydrogens is 721 g/mol. The van der Waals surface area contributed by atoms with Crippen LogP contribution in [0.25, 0.3) is 98.7 Å². The van der Waals surface area contributed by atoms with Gasteiger partial charge in [-0.15, -0.1) is 0 Å². The normalized spacial score (nSPS) is 14.5. The maximum Gasteiger partial charge on any atom is 0.0435 e. The molecule has 0 aromatic heterocycles. The summed E-state index contributed by atoms with van der Waals surface area (Å²) in [7, 11) is 0. The highest BCUT2D eigenvalue weighted by atomic mass is 14.4. The van der Waals surface area contributed by atoms with E-state index in [1.165, 1.54) is 115 Å². The third-order valence-electron chi connectivity index (χ3n) is 13.3. The zero-order chi connectivity index (χ0) is 39.8. The fourth-order valence-electron chi connectivity index (χ4n) is 10.4. The van der Waals surface area contributed by atoms with Crippen molar-refractivity contribution in [2.45, 2.75) is 12.3 Å². The molecule has 1 atom stereocenters. The Morgan fingerprint density at radius 1 is 0.283 bits per heavy atom. The average Bonchev–Trinajstić information content (AvgIpc) is 3.57. The van der Waals surface area contributed by atoms with Crippen LogP contribution in [0.2, 0.25) is 0 Å². The maximum absolute atomic E-state index is 2.46. The van der Waals surface area contributed by atoms with Crippen molar-refractivity contribution in [3.05, 3.63) is 241 Å². The molecule has 60 heavy (non-hydrogen) atoms. The number of hydrogen-bond acceptors (Lipinski definition) is 0. The third-order valence-corrected chi connectivity index (χ3v) is 13.3. The summed E-state index contributed by atoms with van der Waals surface area (Å²) < 4.78 is 0. The summed E-state index contributed by atoms with van der Waals surface area (Å²) in [6, 6.07) is 83.4. The van der Waals surface area contributed by atoms with Crippen molar-refractivity contribution in [3.8, 4) is 55.6 Å². The van der Waals surface area contributed by atoms with Crippen molar-refractivity contribution in [2.75, 3.05) is 0 Å². The third kappa shape index (κ3) is 5.17. The van der Waals surface area contributed by atoms with Crippen molar-refractivity contribution in [3.63, 3.8) is 0 Å². The molecule has 0 aliphatic heterocycles. The molecule has 0 radical (unpaired) electrons. The fraction of sp³-hybridized carbons (Fsp3) is 0.0333. The summed E-state index contributed by atoms with van der Waals surface area (Å²) >= 11 is 0. The monoisotopic (exact) mass is 760 g/mol. The zero-order valence-corrected chi connectivity index (χ0v) is 33.4. The van der Waals surface area contributed by atoms with Crippen molar-refractivity contribution in [1.29, 1.82) is 0 Å². The molecule has 11 aromatic rings. The van der Waals surface area contributed by atoms with Gasteiger partial charge in [0.1, 0.15) is 0 Å². The summed E-state index contributed by atoms with van der Waals surface area (Å²) in [6.45, 7) is 2.40. The number of benzene rings is 11. The highest BCUT2D eigenvalue weighted by molar-refractivity contribution is 6.28. The number of rotatable bonds is 5. The standard InChI is InChI=1S/C60H40/c1-60(46-22-9-4-10-23-46)55-28-16-15-25-48(55)54-37-44-30-29-42(35-45(44)38-56(54)60)43-32-33-51(53(36-43)39-17-5-2-6-18-39)59-50-27-14-13-26-49(50)57(41-20-7-3-8-21-41)52-34-31-40-19-11-12-24-47(40)58(52)59/h2-38H,1H3. The van der Waals surface area contributed by atoms with Crippen LogP contribution in [-0.4, -0.2) is 0 Å². The molecule has 280 valence electrons. The minimum atomic E-state index is -0.245. The van der Waals surface area contributed by atoms with Crippen LogP contribution in [0.5, 0.6) is 0 Å². The smallest absolute Gasteiger partial charge is 0.0435 e. The Morgan fingerprint density at radius 2 is 0.883 bits per heavy atom. The van der Waals surface area contributed by atoms with Gasteiger partial charge in [0.15, 0.2) is 0 Å². The Balaban J connectivity index is 1.10. The Hall–Kier alpha value is -7.54. The van der Waals surface area contributed by atoms with Crippen LogP contribution < -0.4 is 0 Å². The Labute approximate surface area is 350 Å². The molecular formula is C60H40. The van der Waals surface area contributed by atoms with Crippen molar-refractivity contribution < 1.29 is 0 Å². The molecule has 0 amide bonds. The van der Waals surface area contributed by atoms with E-state index < -0.39 is 0 Å². The molecule has 0 bridgehead atoms. The van der Waals surface area contributed by atoms with Gasteiger partial charge < -0.3 is 0 Å². The predicted molar refractivity (Wildman–Crippen MR) is 256 cm³/mol. The average molecular weight is 761 g/mol. The highest BCUT2D eigenvalue weighted by Gasteiger charge is 2.40. The lowest BCUT2D eigenvalue weighted by molar-refractivity contribution is 0.715. The molecule has 0 saturated heterocycles. The molecule has 0 fully saturated rings. The van der Waals surface area contributed by atoms with Gasteiger partial charge in [-0.25, -0.2) is 0 Å². The molecule has 0 nitrogen and oxygen atoms in total. The van der Waals surface area contributed by atoms with E-state index in [4.69, 9.17) is 0 Å². The molecule has 0 spiro atoms. The van der Waals surface area contributed by atoms with Crippen LogP contribution in [0.15, 0.2) is 224 Å². The Kier molecular flexibility index (Phi) is 7.77. The van der Waals surface area contributed by atoms with E-state index in [2.05, 4.69) is 231 Å². The van der Waals surface area contributed by atoms with Crippen LogP contribution in [0.4, 0.5) is 0 Å². The van der Waals surface area contributed by atoms with E-state index >= 15 is 0 Å². The summed E-state index contributed by atoms with van der Waals surface area (Å²) in [5.41, 5.74) is 16.3. The van der Waals surface area contributed by atoms with Crippen LogP contribution in [0.3, 0.4) is 0 Å². The molecule has 12 rings (SSSR count). The summed E-state index contributed by atoms with van der Waals surface area (Å²) in [5.74, 6) is 0. The quantitative estimate of drug-likeness (QED) is 0.121. The summed E-state index contributed by atoms with van der Waals surface area (Å²) in [4.78, 5) is 0. The van der Waals surface area contributed by atoms with E-state index in [1.807, 2.05) is 0 Å². The fourth-order valence-corrected chi connectivity index (χ4v) is 10.4. The molecule has 0 heterocycles. The molecule has 1 aliphatic carbocycles. The molecule has 11 aromatic carbocycles. The van der Waals surface area contributed by atoms with Gasteiger partial charge in [-0.3, -0.25) is 0 Å². The van der Waals surface area contributed by atoms with Gasteiger partial charge in [-0.1, -0.05) is 200 Å². The van der Waals surface area contributed by atoms with Crippen molar-refractivity contribution >= 4 is 43.1 Å². The summed E-state index contributed by atoms with van der Waals surface area (Å²) in [6.07, 6.45) is 0. The largest absolute Gasteiger partial charge is 0.0622 e. The second-order valence-electron chi connectivity index (χ2n) is 16.5. The topological polar surface area (TPSA) is 0 Å². The van der Waals surface area contributed by atoms with Gasteiger partial charge in [0, 0.05) is 5.41 Å². The van der Waals surface area contributed by atoms with Crippen molar-refractivity contribution in [2.24, 2.45) is 0 Å². The van der Waals surface area contributed by atoms with Crippen LogP contribution in [0, 0.1) is 0 Å². The first-order valence-corrected chi connectivity index (χ1v) is 21.0. The van der Waals surface area contributed by atoms with E-state index in [0.29, 0.717) is 0 Å². The first-order chi connectivity index (χ1) is 29.6. The molecule has 0 heteroatoms. The van der Waals surface area contributed by atoms with Gasteiger partial charge >= 0.3 is 0 Å². The van der Waals surface area contributed by atoms with Gasteiger partial charge in [-0.2, -0.15) is 0 Å². The van der Waals surface area contributed by atoms with Gasteiger partial charge in [-0.05, 0) is 147 Å². The number of fused-ring (bicyclic) bond motifs is 8. The summed E-state index contributed by atoms with van der Waals surface area (Å²) in [5, 5.41) is 10.1. The van der Waals surface area contributed by atoms with E-state index in [1.54, 1.807) is 0 Å². The van der Waals surface area contributed by atoms with Gasteiger partial charge in [0.05, 0.1) is 0 Å². The zero-order valence-electron chi connectivity index (χ0n) is 33.4. The van der Waals surface area contributed by atoms with E-state index in [0.717, 1.165) is 0 Å². The number of hydrogen-bond donors (Lipinski definition) is 0. The first kappa shape index (κ1) is 34.5. The maximum atomic E-state index is 2.46.